The number of hydrogen-bond donors (Lipinski definition) is 2. The fraction of sp³-hybridized carbons (Fsp3) is 0.389. The van der Waals surface area contributed by atoms with Crippen molar-refractivity contribution in [1.29, 1.82) is 0 Å². The monoisotopic (exact) mass is 389 g/mol. The van der Waals surface area contributed by atoms with E-state index in [2.05, 4.69) is 15.7 Å². The molecule has 2 N–H and O–H groups in total. The Balaban J connectivity index is 1.77. The number of nitrogens with one attached hydrogen (secondary N) is 2. The Bertz CT molecular complexity index is 817. The van der Waals surface area contributed by atoms with Crippen molar-refractivity contribution in [3.05, 3.63) is 36.2 Å². The van der Waals surface area contributed by atoms with Crippen LogP contribution in [0.5, 0.6) is 5.75 Å². The topological polar surface area (TPSA) is 80.7 Å². The lowest BCUT2D eigenvalue weighted by Gasteiger charge is -2.27. The first kappa shape index (κ1) is 19.1. The van der Waals surface area contributed by atoms with Crippen molar-refractivity contribution in [2.24, 2.45) is 0 Å². The van der Waals surface area contributed by atoms with Crippen molar-refractivity contribution >= 4 is 34.6 Å². The van der Waals surface area contributed by atoms with Gasteiger partial charge in [-0.15, -0.1) is 0 Å². The summed E-state index contributed by atoms with van der Waals surface area (Å²) < 4.78 is 12.3. The summed E-state index contributed by atoms with van der Waals surface area (Å²) in [4.78, 5) is 14.8. The van der Waals surface area contributed by atoms with Crippen molar-refractivity contribution < 1.29 is 14.3 Å². The van der Waals surface area contributed by atoms with Gasteiger partial charge < -0.3 is 25.0 Å². The van der Waals surface area contributed by atoms with Crippen molar-refractivity contribution in [2.45, 2.75) is 13.5 Å². The first-order valence-electron chi connectivity index (χ1n) is 8.78. The lowest BCUT2D eigenvalue weighted by atomic mass is 10.3. The Morgan fingerprint density at radius 2 is 1.96 bits per heavy atom. The maximum atomic E-state index is 13.0. The van der Waals surface area contributed by atoms with Gasteiger partial charge in [0.1, 0.15) is 11.4 Å². The molecule has 0 bridgehead atoms. The molecule has 2 aromatic rings. The number of thiocarbonyl (C=S) groups is 1. The molecule has 2 heterocycles. The van der Waals surface area contributed by atoms with Crippen molar-refractivity contribution in [2.75, 3.05) is 44.0 Å². The minimum Gasteiger partial charge on any atom is -0.495 e. The van der Waals surface area contributed by atoms with E-state index in [9.17, 15) is 4.79 Å². The van der Waals surface area contributed by atoms with Gasteiger partial charge in [-0.1, -0.05) is 12.1 Å². The van der Waals surface area contributed by atoms with Crippen LogP contribution >= 0.6 is 12.2 Å². The smallest absolute Gasteiger partial charge is 0.274 e. The van der Waals surface area contributed by atoms with E-state index in [-0.39, 0.29) is 5.91 Å². The van der Waals surface area contributed by atoms with Gasteiger partial charge in [0.25, 0.3) is 5.91 Å². The van der Waals surface area contributed by atoms with Crippen molar-refractivity contribution in [3.8, 4) is 5.75 Å². The number of para-hydroxylation sites is 2. The lowest BCUT2D eigenvalue weighted by molar-refractivity contribution is 0.0295. The van der Waals surface area contributed by atoms with Crippen LogP contribution in [0.3, 0.4) is 0 Å². The molecule has 0 unspecified atom stereocenters. The average Bonchev–Trinajstić information content (AvgIpc) is 3.10. The molecule has 27 heavy (non-hydrogen) atoms. The van der Waals surface area contributed by atoms with E-state index in [1.54, 1.807) is 22.9 Å². The zero-order valence-electron chi connectivity index (χ0n) is 15.4. The Hall–Kier alpha value is -2.65. The summed E-state index contributed by atoms with van der Waals surface area (Å²) in [5.41, 5.74) is 1.80. The van der Waals surface area contributed by atoms with E-state index in [1.807, 2.05) is 31.2 Å². The zero-order chi connectivity index (χ0) is 19.2. The van der Waals surface area contributed by atoms with Crippen LogP contribution in [-0.4, -0.2) is 59.1 Å². The number of carbonyl (C=O) groups is 1. The third-order valence-corrected chi connectivity index (χ3v) is 4.45. The normalized spacial score (nSPS) is 13.9. The number of morpholine rings is 1. The van der Waals surface area contributed by atoms with Crippen molar-refractivity contribution in [3.63, 3.8) is 0 Å². The highest BCUT2D eigenvalue weighted by atomic mass is 32.1. The number of ether oxygens (including phenoxy) is 2. The number of amides is 1. The van der Waals surface area contributed by atoms with E-state index >= 15 is 0 Å². The van der Waals surface area contributed by atoms with Gasteiger partial charge in [-0.05, 0) is 31.3 Å². The SMILES string of the molecule is CCn1ncc(NC(=S)Nc2ccccc2OC)c1C(=O)N1CCOCC1. The fourth-order valence-corrected chi connectivity index (χ4v) is 3.10. The van der Waals surface area contributed by atoms with Crippen LogP contribution in [0.15, 0.2) is 30.5 Å². The summed E-state index contributed by atoms with van der Waals surface area (Å²) >= 11 is 5.41. The van der Waals surface area contributed by atoms with Gasteiger partial charge in [0.2, 0.25) is 0 Å². The summed E-state index contributed by atoms with van der Waals surface area (Å²) in [7, 11) is 1.60. The minimum atomic E-state index is -0.0831. The second kappa shape index (κ2) is 8.83. The molecule has 1 aromatic carbocycles. The highest BCUT2D eigenvalue weighted by Gasteiger charge is 2.25. The van der Waals surface area contributed by atoms with E-state index in [0.29, 0.717) is 55.1 Å². The molecule has 1 aliphatic rings. The number of methoxy groups -OCH3 is 1. The predicted molar refractivity (Wildman–Crippen MR) is 107 cm³/mol. The van der Waals surface area contributed by atoms with E-state index < -0.39 is 0 Å². The van der Waals surface area contributed by atoms with Gasteiger partial charge in [-0.3, -0.25) is 9.48 Å². The van der Waals surface area contributed by atoms with Gasteiger partial charge in [-0.2, -0.15) is 5.10 Å². The summed E-state index contributed by atoms with van der Waals surface area (Å²) in [6.45, 7) is 4.75. The molecular weight excluding hydrogens is 366 g/mol. The van der Waals surface area contributed by atoms with E-state index in [4.69, 9.17) is 21.7 Å². The van der Waals surface area contributed by atoms with Crippen LogP contribution in [0, 0.1) is 0 Å². The molecule has 1 aliphatic heterocycles. The molecule has 1 saturated heterocycles. The molecule has 1 amide bonds. The van der Waals surface area contributed by atoms with Crippen LogP contribution < -0.4 is 15.4 Å². The Labute approximate surface area is 163 Å². The summed E-state index contributed by atoms with van der Waals surface area (Å²) in [6, 6.07) is 7.47. The standard InChI is InChI=1S/C18H23N5O3S/c1-3-23-16(17(24)22-8-10-26-11-9-22)14(12-19-23)21-18(27)20-13-6-4-5-7-15(13)25-2/h4-7,12H,3,8-11H2,1-2H3,(H2,20,21,27). The number of anilines is 2. The van der Waals surface area contributed by atoms with Crippen molar-refractivity contribution in [1.82, 2.24) is 14.7 Å². The van der Waals surface area contributed by atoms with Crippen LogP contribution in [0.4, 0.5) is 11.4 Å². The second-order valence-electron chi connectivity index (χ2n) is 5.91. The maximum Gasteiger partial charge on any atom is 0.274 e. The molecular formula is C18H23N5O3S. The number of rotatable bonds is 5. The highest BCUT2D eigenvalue weighted by Crippen LogP contribution is 2.24. The number of hydrogen-bond acceptors (Lipinski definition) is 5. The van der Waals surface area contributed by atoms with Gasteiger partial charge in [0, 0.05) is 19.6 Å². The molecule has 0 aliphatic carbocycles. The molecule has 144 valence electrons. The fourth-order valence-electron chi connectivity index (χ4n) is 2.88. The number of aryl methyl sites for hydroxylation is 1. The first-order chi connectivity index (χ1) is 13.1. The zero-order valence-corrected chi connectivity index (χ0v) is 16.2. The molecule has 3 rings (SSSR count). The van der Waals surface area contributed by atoms with E-state index in [0.717, 1.165) is 5.69 Å². The number of nitrogens with zero attached hydrogens (tertiary/aromatic N) is 3. The average molecular weight is 389 g/mol. The van der Waals surface area contributed by atoms with Gasteiger partial charge in [0.05, 0.1) is 37.9 Å². The molecule has 0 spiro atoms. The van der Waals surface area contributed by atoms with Gasteiger partial charge in [0.15, 0.2) is 5.11 Å². The molecule has 8 nitrogen and oxygen atoms in total. The molecule has 1 aromatic heterocycles. The highest BCUT2D eigenvalue weighted by molar-refractivity contribution is 7.80. The first-order valence-corrected chi connectivity index (χ1v) is 9.18. The molecule has 0 atom stereocenters. The molecule has 0 radical (unpaired) electrons. The van der Waals surface area contributed by atoms with Gasteiger partial charge >= 0.3 is 0 Å². The minimum absolute atomic E-state index is 0.0831. The Kier molecular flexibility index (Phi) is 6.25. The predicted octanol–water partition coefficient (Wildman–Crippen LogP) is 2.19. The number of carbonyl (C=O) groups excluding carboxylic acids is 1. The number of benzene rings is 1. The maximum absolute atomic E-state index is 13.0. The van der Waals surface area contributed by atoms with Crippen LogP contribution in [0.2, 0.25) is 0 Å². The molecule has 1 fully saturated rings. The van der Waals surface area contributed by atoms with Crippen LogP contribution in [0.1, 0.15) is 17.4 Å². The third kappa shape index (κ3) is 4.37. The molecule has 9 heteroatoms. The summed E-state index contributed by atoms with van der Waals surface area (Å²) in [5, 5.41) is 10.8. The second-order valence-corrected chi connectivity index (χ2v) is 6.31. The summed E-state index contributed by atoms with van der Waals surface area (Å²) in [6.07, 6.45) is 1.62. The van der Waals surface area contributed by atoms with Gasteiger partial charge in [-0.25, -0.2) is 0 Å². The lowest BCUT2D eigenvalue weighted by Crippen LogP contribution is -2.41. The number of aromatic nitrogens is 2. The van der Waals surface area contributed by atoms with Crippen LogP contribution in [-0.2, 0) is 11.3 Å². The Morgan fingerprint density at radius 1 is 1.26 bits per heavy atom. The molecule has 0 saturated carbocycles. The Morgan fingerprint density at radius 3 is 2.67 bits per heavy atom. The quantitative estimate of drug-likeness (QED) is 0.759. The largest absolute Gasteiger partial charge is 0.495 e. The van der Waals surface area contributed by atoms with E-state index in [1.165, 1.54) is 0 Å². The van der Waals surface area contributed by atoms with Crippen LogP contribution in [0.25, 0.3) is 0 Å². The summed E-state index contributed by atoms with van der Waals surface area (Å²) in [5.74, 6) is 0.593. The third-order valence-electron chi connectivity index (χ3n) is 4.24.